The molecule has 0 heterocycles. The number of hydrogen-bond donors (Lipinski definition) is 3. The highest BCUT2D eigenvalue weighted by Gasteiger charge is 2.27. The third-order valence-electron chi connectivity index (χ3n) is 2.99. The second kappa shape index (κ2) is 4.01. The minimum absolute atomic E-state index is 0.0657. The first-order valence-electron chi connectivity index (χ1n) is 5.28. The first-order valence-corrected chi connectivity index (χ1v) is 5.66. The van der Waals surface area contributed by atoms with Gasteiger partial charge in [-0.3, -0.25) is 0 Å². The van der Waals surface area contributed by atoms with E-state index < -0.39 is 5.82 Å². The Morgan fingerprint density at radius 2 is 2.00 bits per heavy atom. The maximum atomic E-state index is 13.8. The molecule has 0 spiro atoms. The minimum Gasteiger partial charge on any atom is -0.397 e. The van der Waals surface area contributed by atoms with Crippen LogP contribution in [0.4, 0.5) is 21.5 Å². The summed E-state index contributed by atoms with van der Waals surface area (Å²) in [5.41, 5.74) is 12.0. The second-order valence-electron chi connectivity index (χ2n) is 4.48. The van der Waals surface area contributed by atoms with E-state index >= 15 is 0 Å². The minimum atomic E-state index is -0.557. The summed E-state index contributed by atoms with van der Waals surface area (Å²) in [5.74, 6) is 0.129. The second-order valence-corrected chi connectivity index (χ2v) is 4.85. The molecule has 2 rings (SSSR count). The zero-order chi connectivity index (χ0) is 11.9. The van der Waals surface area contributed by atoms with E-state index in [1.807, 2.05) is 0 Å². The molecule has 1 saturated carbocycles. The number of rotatable bonds is 2. The van der Waals surface area contributed by atoms with Gasteiger partial charge in [-0.1, -0.05) is 18.5 Å². The average molecular weight is 244 g/mol. The summed E-state index contributed by atoms with van der Waals surface area (Å²) < 4.78 is 13.8. The van der Waals surface area contributed by atoms with Crippen LogP contribution >= 0.6 is 11.6 Å². The first kappa shape index (κ1) is 11.3. The molecule has 0 atom stereocenters. The molecular formula is C11H15ClFN3. The van der Waals surface area contributed by atoms with Crippen LogP contribution < -0.4 is 16.8 Å². The zero-order valence-electron chi connectivity index (χ0n) is 9.06. The molecule has 1 aliphatic carbocycles. The van der Waals surface area contributed by atoms with Crippen molar-refractivity contribution in [2.75, 3.05) is 16.8 Å². The molecule has 1 fully saturated rings. The predicted octanol–water partition coefficient (Wildman–Crippen LogP) is 2.85. The lowest BCUT2D eigenvalue weighted by Gasteiger charge is -2.34. The van der Waals surface area contributed by atoms with Crippen molar-refractivity contribution < 1.29 is 4.39 Å². The first-order chi connectivity index (χ1) is 7.49. The fourth-order valence-corrected chi connectivity index (χ4v) is 2.19. The average Bonchev–Trinajstić information content (AvgIpc) is 2.18. The van der Waals surface area contributed by atoms with Crippen LogP contribution in [0.3, 0.4) is 0 Å². The van der Waals surface area contributed by atoms with E-state index in [2.05, 4.69) is 12.2 Å². The van der Waals surface area contributed by atoms with Crippen molar-refractivity contribution in [3.63, 3.8) is 0 Å². The molecular weight excluding hydrogens is 229 g/mol. The lowest BCUT2D eigenvalue weighted by atomic mass is 9.82. The molecule has 3 nitrogen and oxygen atoms in total. The van der Waals surface area contributed by atoms with Gasteiger partial charge in [0.15, 0.2) is 5.82 Å². The van der Waals surface area contributed by atoms with Crippen molar-refractivity contribution in [1.29, 1.82) is 0 Å². The van der Waals surface area contributed by atoms with Crippen LogP contribution in [-0.4, -0.2) is 6.04 Å². The Hall–Kier alpha value is -1.16. The molecule has 5 N–H and O–H groups in total. The van der Waals surface area contributed by atoms with Gasteiger partial charge in [-0.25, -0.2) is 4.39 Å². The van der Waals surface area contributed by atoms with Crippen molar-refractivity contribution in [1.82, 2.24) is 0 Å². The number of nitrogen functional groups attached to an aromatic ring is 2. The zero-order valence-corrected chi connectivity index (χ0v) is 9.81. The highest BCUT2D eigenvalue weighted by atomic mass is 35.5. The molecule has 5 heteroatoms. The summed E-state index contributed by atoms with van der Waals surface area (Å²) in [6, 6.07) is 1.77. The summed E-state index contributed by atoms with van der Waals surface area (Å²) >= 11 is 5.73. The predicted molar refractivity (Wildman–Crippen MR) is 66.0 cm³/mol. The molecule has 0 unspecified atom stereocenters. The smallest absolute Gasteiger partial charge is 0.169 e. The Morgan fingerprint density at radius 3 is 2.56 bits per heavy atom. The van der Waals surface area contributed by atoms with Crippen LogP contribution in [0.1, 0.15) is 19.8 Å². The highest BCUT2D eigenvalue weighted by Crippen LogP contribution is 2.37. The van der Waals surface area contributed by atoms with E-state index in [-0.39, 0.29) is 22.4 Å². The maximum Gasteiger partial charge on any atom is 0.169 e. The van der Waals surface area contributed by atoms with Crippen LogP contribution in [0.2, 0.25) is 5.02 Å². The summed E-state index contributed by atoms with van der Waals surface area (Å²) in [6.45, 7) is 2.16. The number of nitrogens with two attached hydrogens (primary N) is 2. The van der Waals surface area contributed by atoms with Gasteiger partial charge in [0.1, 0.15) is 5.02 Å². The van der Waals surface area contributed by atoms with E-state index in [4.69, 9.17) is 23.1 Å². The lowest BCUT2D eigenvalue weighted by molar-refractivity contribution is 0.308. The van der Waals surface area contributed by atoms with Crippen molar-refractivity contribution in [3.8, 4) is 0 Å². The molecule has 88 valence electrons. The van der Waals surface area contributed by atoms with E-state index in [0.29, 0.717) is 11.6 Å². The monoisotopic (exact) mass is 243 g/mol. The van der Waals surface area contributed by atoms with Crippen molar-refractivity contribution in [3.05, 3.63) is 16.9 Å². The third-order valence-corrected chi connectivity index (χ3v) is 3.37. The number of benzene rings is 1. The van der Waals surface area contributed by atoms with Crippen LogP contribution in [0.15, 0.2) is 6.07 Å². The van der Waals surface area contributed by atoms with Gasteiger partial charge < -0.3 is 16.8 Å². The van der Waals surface area contributed by atoms with Crippen LogP contribution in [-0.2, 0) is 0 Å². The molecule has 16 heavy (non-hydrogen) atoms. The Bertz CT molecular complexity index is 416. The highest BCUT2D eigenvalue weighted by molar-refractivity contribution is 6.33. The number of hydrogen-bond acceptors (Lipinski definition) is 3. The number of nitrogens with one attached hydrogen (secondary N) is 1. The molecule has 0 radical (unpaired) electrons. The van der Waals surface area contributed by atoms with Gasteiger partial charge in [0, 0.05) is 6.04 Å². The van der Waals surface area contributed by atoms with Gasteiger partial charge in [-0.2, -0.15) is 0 Å². The Morgan fingerprint density at radius 1 is 1.38 bits per heavy atom. The summed E-state index contributed by atoms with van der Waals surface area (Å²) in [7, 11) is 0. The van der Waals surface area contributed by atoms with Gasteiger partial charge >= 0.3 is 0 Å². The fourth-order valence-electron chi connectivity index (χ4n) is 2.04. The number of anilines is 3. The van der Waals surface area contributed by atoms with Gasteiger partial charge in [0.05, 0.1) is 17.1 Å². The normalized spacial score (nSPS) is 23.9. The number of halogens is 2. The third kappa shape index (κ3) is 1.89. The largest absolute Gasteiger partial charge is 0.397 e. The lowest BCUT2D eigenvalue weighted by Crippen LogP contribution is -2.34. The van der Waals surface area contributed by atoms with Crippen molar-refractivity contribution in [2.45, 2.75) is 25.8 Å². The van der Waals surface area contributed by atoms with Gasteiger partial charge in [-0.15, -0.1) is 0 Å². The van der Waals surface area contributed by atoms with Gasteiger partial charge in [-0.05, 0) is 24.8 Å². The SMILES string of the molecule is CC1CC(Nc2c(N)cc(N)c(Cl)c2F)C1. The van der Waals surface area contributed by atoms with Crippen LogP contribution in [0.5, 0.6) is 0 Å². The summed E-state index contributed by atoms with van der Waals surface area (Å²) in [5, 5.41) is 3.01. The molecule has 0 saturated heterocycles. The molecule has 1 aromatic carbocycles. The van der Waals surface area contributed by atoms with Crippen LogP contribution in [0.25, 0.3) is 0 Å². The molecule has 0 amide bonds. The van der Waals surface area contributed by atoms with Crippen molar-refractivity contribution in [2.24, 2.45) is 5.92 Å². The Balaban J connectivity index is 2.23. The van der Waals surface area contributed by atoms with Gasteiger partial charge in [0.2, 0.25) is 0 Å². The van der Waals surface area contributed by atoms with E-state index in [1.165, 1.54) is 6.07 Å². The Kier molecular flexibility index (Phi) is 2.84. The molecule has 1 aromatic rings. The van der Waals surface area contributed by atoms with E-state index in [1.54, 1.807) is 0 Å². The molecule has 0 aromatic heterocycles. The summed E-state index contributed by atoms with van der Waals surface area (Å²) in [6.07, 6.45) is 2.06. The van der Waals surface area contributed by atoms with E-state index in [0.717, 1.165) is 12.8 Å². The Labute approximate surface area is 98.9 Å². The molecule has 0 aliphatic heterocycles. The maximum absolute atomic E-state index is 13.8. The summed E-state index contributed by atoms with van der Waals surface area (Å²) in [4.78, 5) is 0. The van der Waals surface area contributed by atoms with Crippen LogP contribution in [0, 0.1) is 11.7 Å². The molecule has 1 aliphatic rings. The van der Waals surface area contributed by atoms with Crippen molar-refractivity contribution >= 4 is 28.7 Å². The van der Waals surface area contributed by atoms with Gasteiger partial charge in [0.25, 0.3) is 0 Å². The van der Waals surface area contributed by atoms with E-state index in [9.17, 15) is 4.39 Å². The molecule has 0 bridgehead atoms. The topological polar surface area (TPSA) is 64.1 Å². The quantitative estimate of drug-likeness (QED) is 0.700. The fraction of sp³-hybridized carbons (Fsp3) is 0.455. The standard InChI is InChI=1S/C11H15ClFN3/c1-5-2-6(3-5)16-11-8(15)4-7(14)9(12)10(11)13/h4-6,16H,2-3,14-15H2,1H3.